The van der Waals surface area contributed by atoms with Gasteiger partial charge in [0.1, 0.15) is 18.0 Å². The van der Waals surface area contributed by atoms with E-state index in [4.69, 9.17) is 19.6 Å². The lowest BCUT2D eigenvalue weighted by Gasteiger charge is -2.22. The molecule has 1 aromatic carbocycles. The highest BCUT2D eigenvalue weighted by atomic mass is 16.5. The standard InChI is InChI=1S/C26H35N5O4.H2/c1-4-20(5-2)35-25-12-11-24-28-30(26(27)31(24)29-25)16-23(32)19-13-21(33-3)15-22(14-19)34-17-18-9-7-6-8-10-18;/h11-15,18,20,27H,4-10,16-17H2,1-3H3;1H. The molecule has 2 heterocycles. The van der Waals surface area contributed by atoms with E-state index in [2.05, 4.69) is 24.0 Å². The lowest BCUT2D eigenvalue weighted by Crippen LogP contribution is -2.26. The number of nitrogens with one attached hydrogen (secondary N) is 1. The molecule has 0 bridgehead atoms. The Balaban J connectivity index is 0.00000361. The van der Waals surface area contributed by atoms with Crippen LogP contribution in [0.3, 0.4) is 0 Å². The maximum absolute atomic E-state index is 13.1. The Morgan fingerprint density at radius 3 is 2.57 bits per heavy atom. The van der Waals surface area contributed by atoms with Crippen molar-refractivity contribution >= 4 is 11.4 Å². The van der Waals surface area contributed by atoms with Crippen molar-refractivity contribution in [3.63, 3.8) is 0 Å². The van der Waals surface area contributed by atoms with Gasteiger partial charge in [-0.25, -0.2) is 4.68 Å². The maximum Gasteiger partial charge on any atom is 0.242 e. The Kier molecular flexibility index (Phi) is 8.05. The van der Waals surface area contributed by atoms with Crippen LogP contribution >= 0.6 is 0 Å². The number of aromatic nitrogens is 4. The summed E-state index contributed by atoms with van der Waals surface area (Å²) in [6.45, 7) is 4.67. The van der Waals surface area contributed by atoms with Crippen LogP contribution in [0.4, 0.5) is 0 Å². The summed E-state index contributed by atoms with van der Waals surface area (Å²) in [6.07, 6.45) is 7.98. The molecular weight excluding hydrogens is 446 g/mol. The van der Waals surface area contributed by atoms with Gasteiger partial charge in [0, 0.05) is 19.1 Å². The smallest absolute Gasteiger partial charge is 0.242 e. The van der Waals surface area contributed by atoms with E-state index in [0.29, 0.717) is 41.1 Å². The summed E-state index contributed by atoms with van der Waals surface area (Å²) in [5.74, 6) is 1.98. The number of Topliss-reactive ketones (excluding diaryl/α,β-unsaturated/α-hetero) is 1. The fourth-order valence-electron chi connectivity index (χ4n) is 4.44. The molecule has 0 amide bonds. The molecule has 0 unspecified atom stereocenters. The number of ketones is 1. The summed E-state index contributed by atoms with van der Waals surface area (Å²) < 4.78 is 20.1. The first-order chi connectivity index (χ1) is 17.0. The van der Waals surface area contributed by atoms with Crippen LogP contribution < -0.4 is 19.8 Å². The fraction of sp³-hybridized carbons (Fsp3) is 0.538. The number of nitrogens with zero attached hydrogens (tertiary/aromatic N) is 4. The lowest BCUT2D eigenvalue weighted by molar-refractivity contribution is 0.0964. The zero-order chi connectivity index (χ0) is 24.8. The number of carbonyl (C=O) groups is 1. The number of hydrogen-bond acceptors (Lipinski definition) is 7. The summed E-state index contributed by atoms with van der Waals surface area (Å²) >= 11 is 0. The van der Waals surface area contributed by atoms with Crippen LogP contribution in [0, 0.1) is 11.3 Å². The molecule has 4 rings (SSSR count). The molecule has 1 N–H and O–H groups in total. The monoisotopic (exact) mass is 483 g/mol. The summed E-state index contributed by atoms with van der Waals surface area (Å²) in [5.41, 5.74) is 0.930. The Labute approximate surface area is 207 Å². The minimum Gasteiger partial charge on any atom is -0.497 e. The third-order valence-electron chi connectivity index (χ3n) is 6.60. The predicted octanol–water partition coefficient (Wildman–Crippen LogP) is 4.67. The Morgan fingerprint density at radius 1 is 1.11 bits per heavy atom. The maximum atomic E-state index is 13.1. The topological polar surface area (TPSA) is 104 Å². The van der Waals surface area contributed by atoms with Gasteiger partial charge < -0.3 is 14.2 Å². The predicted molar refractivity (Wildman–Crippen MR) is 133 cm³/mol. The molecule has 1 aliphatic carbocycles. The quantitative estimate of drug-likeness (QED) is 0.397. The molecule has 1 fully saturated rings. The van der Waals surface area contributed by atoms with E-state index in [1.54, 1.807) is 37.4 Å². The second-order valence-corrected chi connectivity index (χ2v) is 9.11. The number of carbonyl (C=O) groups excluding carboxylic acids is 1. The molecule has 0 saturated heterocycles. The highest BCUT2D eigenvalue weighted by Gasteiger charge is 2.17. The van der Waals surface area contributed by atoms with Gasteiger partial charge in [-0.2, -0.15) is 4.52 Å². The number of rotatable bonds is 11. The van der Waals surface area contributed by atoms with Gasteiger partial charge >= 0.3 is 0 Å². The minimum atomic E-state index is -0.193. The van der Waals surface area contributed by atoms with Gasteiger partial charge in [-0.05, 0) is 49.8 Å². The molecule has 3 aromatic rings. The minimum absolute atomic E-state index is 0. The van der Waals surface area contributed by atoms with Crippen molar-refractivity contribution in [2.24, 2.45) is 5.92 Å². The third-order valence-corrected chi connectivity index (χ3v) is 6.60. The van der Waals surface area contributed by atoms with Gasteiger partial charge in [-0.3, -0.25) is 10.2 Å². The molecule has 2 aromatic heterocycles. The van der Waals surface area contributed by atoms with Gasteiger partial charge in [0.05, 0.1) is 19.8 Å². The summed E-state index contributed by atoms with van der Waals surface area (Å²) in [7, 11) is 1.57. The summed E-state index contributed by atoms with van der Waals surface area (Å²) in [4.78, 5) is 13.1. The molecule has 1 aliphatic rings. The van der Waals surface area contributed by atoms with Crippen LogP contribution in [0.1, 0.15) is 70.6 Å². The molecule has 1 saturated carbocycles. The first-order valence-corrected chi connectivity index (χ1v) is 12.5. The van der Waals surface area contributed by atoms with Gasteiger partial charge in [-0.1, -0.05) is 33.1 Å². The second-order valence-electron chi connectivity index (χ2n) is 9.11. The van der Waals surface area contributed by atoms with E-state index in [0.717, 1.165) is 12.8 Å². The van der Waals surface area contributed by atoms with E-state index >= 15 is 0 Å². The molecule has 0 aliphatic heterocycles. The molecular formula is C26H37N5O4. The number of benzene rings is 1. The van der Waals surface area contributed by atoms with Crippen LogP contribution in [0.2, 0.25) is 0 Å². The van der Waals surface area contributed by atoms with E-state index in [1.807, 2.05) is 0 Å². The van der Waals surface area contributed by atoms with E-state index in [-0.39, 0.29) is 25.5 Å². The first-order valence-electron chi connectivity index (χ1n) is 12.5. The molecule has 0 atom stereocenters. The highest BCUT2D eigenvalue weighted by Crippen LogP contribution is 2.27. The van der Waals surface area contributed by atoms with Gasteiger partial charge in [-0.15, -0.1) is 10.2 Å². The normalized spacial score (nSPS) is 14.4. The lowest BCUT2D eigenvalue weighted by atomic mass is 9.90. The molecule has 190 valence electrons. The largest absolute Gasteiger partial charge is 0.497 e. The Morgan fingerprint density at radius 2 is 1.86 bits per heavy atom. The van der Waals surface area contributed by atoms with Crippen molar-refractivity contribution in [3.05, 3.63) is 41.5 Å². The van der Waals surface area contributed by atoms with Gasteiger partial charge in [0.25, 0.3) is 0 Å². The van der Waals surface area contributed by atoms with Crippen LogP contribution in [0.5, 0.6) is 17.4 Å². The number of ether oxygens (including phenoxy) is 3. The van der Waals surface area contributed by atoms with Gasteiger partial charge in [0.2, 0.25) is 11.5 Å². The zero-order valence-electron chi connectivity index (χ0n) is 20.8. The van der Waals surface area contributed by atoms with Crippen LogP contribution in [0.15, 0.2) is 30.3 Å². The van der Waals surface area contributed by atoms with Crippen LogP contribution in [-0.2, 0) is 6.54 Å². The Bertz CT molecular complexity index is 1210. The highest BCUT2D eigenvalue weighted by molar-refractivity contribution is 5.96. The van der Waals surface area contributed by atoms with Crippen molar-refractivity contribution in [2.75, 3.05) is 13.7 Å². The van der Waals surface area contributed by atoms with E-state index < -0.39 is 0 Å². The zero-order valence-corrected chi connectivity index (χ0v) is 20.8. The first kappa shape index (κ1) is 24.8. The molecule has 35 heavy (non-hydrogen) atoms. The summed E-state index contributed by atoms with van der Waals surface area (Å²) in [5, 5.41) is 17.3. The SMILES string of the molecule is CCC(CC)Oc1ccc2nn(CC(=O)c3cc(OC)cc(OCC4CCCCC4)c3)c(=N)n2n1.[HH]. The van der Waals surface area contributed by atoms with Crippen LogP contribution in [0.25, 0.3) is 5.65 Å². The molecule has 9 nitrogen and oxygen atoms in total. The fourth-order valence-corrected chi connectivity index (χ4v) is 4.44. The third kappa shape index (κ3) is 6.01. The van der Waals surface area contributed by atoms with Crippen molar-refractivity contribution in [1.82, 2.24) is 19.4 Å². The second kappa shape index (κ2) is 11.4. The average molecular weight is 484 g/mol. The van der Waals surface area contributed by atoms with E-state index in [1.165, 1.54) is 41.3 Å². The average Bonchev–Trinajstić information content (AvgIpc) is 3.20. The van der Waals surface area contributed by atoms with Crippen LogP contribution in [-0.4, -0.2) is 45.0 Å². The number of hydrogen-bond donors (Lipinski definition) is 1. The number of fused-ring (bicyclic) bond motifs is 1. The van der Waals surface area contributed by atoms with E-state index in [9.17, 15) is 4.79 Å². The van der Waals surface area contributed by atoms with Crippen molar-refractivity contribution in [3.8, 4) is 17.4 Å². The van der Waals surface area contributed by atoms with Crippen molar-refractivity contribution < 1.29 is 20.4 Å². The summed E-state index contributed by atoms with van der Waals surface area (Å²) in [6, 6.07) is 8.72. The van der Waals surface area contributed by atoms with Gasteiger partial charge in [0.15, 0.2) is 11.4 Å². The number of methoxy groups -OCH3 is 1. The Hall–Kier alpha value is -3.36. The molecule has 0 radical (unpaired) electrons. The van der Waals surface area contributed by atoms with Crippen molar-refractivity contribution in [2.45, 2.75) is 71.4 Å². The van der Waals surface area contributed by atoms with Crippen molar-refractivity contribution in [1.29, 1.82) is 5.41 Å². The molecule has 0 spiro atoms. The molecule has 9 heteroatoms.